The van der Waals surface area contributed by atoms with Gasteiger partial charge in [-0.05, 0) is 33.8 Å². The van der Waals surface area contributed by atoms with Gasteiger partial charge in [-0.3, -0.25) is 4.74 Å². The first-order chi connectivity index (χ1) is 12.0. The van der Waals surface area contributed by atoms with Crippen molar-refractivity contribution in [1.82, 2.24) is 0 Å². The molecule has 0 atom stereocenters. The fourth-order valence-corrected chi connectivity index (χ4v) is 88.4. The van der Waals surface area contributed by atoms with E-state index in [1.54, 1.807) is 0 Å². The Labute approximate surface area is 194 Å². The minimum absolute atomic E-state index is 0. The van der Waals surface area contributed by atoms with Crippen LogP contribution < -0.4 is 0 Å². The maximum atomic E-state index is 5.62. The monoisotopic (exact) mass is 487 g/mol. The maximum Gasteiger partial charge on any atom is 0.0843 e. The van der Waals surface area contributed by atoms with Crippen molar-refractivity contribution in [2.24, 2.45) is 4.74 Å². The zero-order chi connectivity index (χ0) is 21.7. The molecule has 1 nitrogen and oxygen atoms in total. The largest absolute Gasteiger partial charge is 0.284 e. The van der Waals surface area contributed by atoms with Gasteiger partial charge in [-0.2, -0.15) is 0 Å². The maximum absolute atomic E-state index is 5.62. The van der Waals surface area contributed by atoms with Crippen molar-refractivity contribution in [3.05, 3.63) is 47.2 Å². The van der Waals surface area contributed by atoms with Crippen LogP contribution in [0.4, 0.5) is 0 Å². The molecule has 0 aromatic carbocycles. The number of hydrogen-bond acceptors (Lipinski definition) is 1. The Morgan fingerprint density at radius 2 is 1.18 bits per heavy atom. The molecule has 0 bridgehead atoms. The normalized spacial score (nSPS) is 16.1. The molecule has 0 N–H and O–H groups in total. The van der Waals surface area contributed by atoms with Gasteiger partial charge in [0.15, 0.2) is 0 Å². The molecule has 1 aliphatic rings. The third kappa shape index (κ3) is 7.67. The van der Waals surface area contributed by atoms with Crippen LogP contribution in [0.2, 0.25) is 58.9 Å². The van der Waals surface area contributed by atoms with Crippen LogP contribution in [-0.2, 0) is 21.7 Å². The van der Waals surface area contributed by atoms with Gasteiger partial charge in [-0.1, -0.05) is 100 Å². The molecule has 0 spiro atoms. The third-order valence-corrected chi connectivity index (χ3v) is 66.4. The predicted molar refractivity (Wildman–Crippen MR) is 140 cm³/mol. The Kier molecular flexibility index (Phi) is 13.0. The summed E-state index contributed by atoms with van der Waals surface area (Å²) in [6, 6.07) is 0. The molecular formula is C22H46NPSi3Ti. The zero-order valence-corrected chi connectivity index (χ0v) is 26.4. The second-order valence-electron chi connectivity index (χ2n) is 10.5. The first-order valence-electron chi connectivity index (χ1n) is 10.3. The van der Waals surface area contributed by atoms with E-state index in [0.29, 0.717) is 0 Å². The Bertz CT molecular complexity index is 623. The van der Waals surface area contributed by atoms with E-state index in [1.807, 2.05) is 0 Å². The molecule has 0 unspecified atom stereocenters. The summed E-state index contributed by atoms with van der Waals surface area (Å²) in [6.07, 6.45) is 12.0. The van der Waals surface area contributed by atoms with Crippen LogP contribution in [0.15, 0.2) is 52.0 Å². The van der Waals surface area contributed by atoms with Crippen LogP contribution >= 0.6 is 5.70 Å². The Morgan fingerprint density at radius 3 is 1.39 bits per heavy atom. The molecule has 0 aromatic rings. The Balaban J connectivity index is 0. The van der Waals surface area contributed by atoms with Crippen molar-refractivity contribution in [2.45, 2.75) is 93.0 Å². The summed E-state index contributed by atoms with van der Waals surface area (Å²) in [5, 5.41) is 0. The molecule has 160 valence electrons. The van der Waals surface area contributed by atoms with Crippen molar-refractivity contribution in [2.75, 3.05) is 0 Å². The average Bonchev–Trinajstić information content (AvgIpc) is 3.00. The van der Waals surface area contributed by atoms with Crippen LogP contribution in [0.1, 0.15) is 34.1 Å². The molecule has 1 aliphatic carbocycles. The first-order valence-corrected chi connectivity index (χ1v) is 25.1. The molecule has 0 saturated carbocycles. The van der Waals surface area contributed by atoms with Gasteiger partial charge < -0.3 is 0 Å². The van der Waals surface area contributed by atoms with E-state index in [0.717, 1.165) is 6.42 Å². The minimum atomic E-state index is -1.28. The smallest absolute Gasteiger partial charge is 0.0843 e. The molecule has 0 radical (unpaired) electrons. The van der Waals surface area contributed by atoms with Gasteiger partial charge in [0, 0.05) is 33.8 Å². The van der Waals surface area contributed by atoms with Crippen LogP contribution in [0.5, 0.6) is 0 Å². The zero-order valence-electron chi connectivity index (χ0n) is 21.0. The summed E-state index contributed by atoms with van der Waals surface area (Å²) in [5.41, 5.74) is 2.95. The molecule has 0 heterocycles. The topological polar surface area (TPSA) is 12.4 Å². The molecule has 0 aromatic heterocycles. The standard InChI is InChI=1S/C14H32NPSi3.C8H14.Ti/c1-17(2,3)16(18(4,5)6,19(7,8)9)15-14-12-10-11-13-14;1-5-7(3)8(4)6-2;/h10-12H,13H2,1-9H3;5-6H,1-4H3;. The average molecular weight is 488 g/mol. The van der Waals surface area contributed by atoms with E-state index < -0.39 is 28.9 Å². The van der Waals surface area contributed by atoms with Crippen LogP contribution in [0.3, 0.4) is 0 Å². The van der Waals surface area contributed by atoms with E-state index in [4.69, 9.17) is 4.74 Å². The van der Waals surface area contributed by atoms with Gasteiger partial charge in [0.05, 0.1) is 23.2 Å². The molecule has 0 aliphatic heterocycles. The van der Waals surface area contributed by atoms with Gasteiger partial charge in [0.1, 0.15) is 0 Å². The fourth-order valence-electron chi connectivity index (χ4n) is 4.63. The van der Waals surface area contributed by atoms with Crippen LogP contribution in [0.25, 0.3) is 0 Å². The molecule has 0 fully saturated rings. The summed E-state index contributed by atoms with van der Waals surface area (Å²) in [4.78, 5) is 0. The van der Waals surface area contributed by atoms with Gasteiger partial charge >= 0.3 is 0 Å². The van der Waals surface area contributed by atoms with E-state index >= 15 is 0 Å². The quantitative estimate of drug-likeness (QED) is 0.208. The number of allylic oxidation sites excluding steroid dienone is 7. The van der Waals surface area contributed by atoms with Gasteiger partial charge in [0.25, 0.3) is 0 Å². The molecule has 6 heteroatoms. The van der Waals surface area contributed by atoms with Gasteiger partial charge in [-0.15, -0.1) is 0 Å². The van der Waals surface area contributed by atoms with Crippen molar-refractivity contribution < 1.29 is 21.7 Å². The number of nitrogens with zero attached hydrogens (tertiary/aromatic N) is 1. The SMILES string of the molecule is CC=C(C)C(C)=CC.C[Si](C)(C)P(=NC1=CC=CC1)([Si](C)(C)C)[Si](C)(C)C.[Ti]. The third-order valence-electron chi connectivity index (χ3n) is 5.43. The van der Waals surface area contributed by atoms with Crippen LogP contribution in [0, 0.1) is 0 Å². The summed E-state index contributed by atoms with van der Waals surface area (Å²) in [6.45, 7) is 31.6. The van der Waals surface area contributed by atoms with Crippen molar-refractivity contribution in [3.63, 3.8) is 0 Å². The summed E-state index contributed by atoms with van der Waals surface area (Å²) in [5.74, 6) is 0. The Morgan fingerprint density at radius 1 is 0.821 bits per heavy atom. The first kappa shape index (κ1) is 30.7. The van der Waals surface area contributed by atoms with E-state index in [2.05, 4.69) is 117 Å². The summed E-state index contributed by atoms with van der Waals surface area (Å²) < 4.78 is 5.62. The molecule has 1 rings (SSSR count). The van der Waals surface area contributed by atoms with E-state index in [1.165, 1.54) is 16.8 Å². The molecule has 28 heavy (non-hydrogen) atoms. The second-order valence-corrected chi connectivity index (χ2v) is 46.9. The van der Waals surface area contributed by atoms with E-state index in [-0.39, 0.29) is 21.7 Å². The molecule has 0 amide bonds. The Hall–Kier alpha value is 0.555. The summed E-state index contributed by atoms with van der Waals surface area (Å²) in [7, 11) is -3.83. The second kappa shape index (κ2) is 11.8. The minimum Gasteiger partial charge on any atom is -0.284 e. The van der Waals surface area contributed by atoms with Crippen molar-refractivity contribution in [1.29, 1.82) is 0 Å². The predicted octanol–water partition coefficient (Wildman–Crippen LogP) is 9.45. The van der Waals surface area contributed by atoms with Crippen molar-refractivity contribution >= 4 is 28.9 Å². The number of rotatable bonds is 5. The fraction of sp³-hybridized carbons (Fsp3) is 0.636. The number of hydrogen-bond donors (Lipinski definition) is 0. The molecule has 0 saturated heterocycles. The molecular weight excluding hydrogens is 441 g/mol. The van der Waals surface area contributed by atoms with Gasteiger partial charge in [0.2, 0.25) is 0 Å². The summed E-state index contributed by atoms with van der Waals surface area (Å²) >= 11 is 0. The van der Waals surface area contributed by atoms with Gasteiger partial charge in [-0.25, -0.2) is 0 Å². The van der Waals surface area contributed by atoms with Crippen molar-refractivity contribution in [3.8, 4) is 0 Å². The van der Waals surface area contributed by atoms with E-state index in [9.17, 15) is 0 Å². The van der Waals surface area contributed by atoms with Crippen LogP contribution in [-0.4, -0.2) is 23.2 Å².